The van der Waals surface area contributed by atoms with Gasteiger partial charge in [0.1, 0.15) is 5.88 Å². The van der Waals surface area contributed by atoms with Gasteiger partial charge in [0.05, 0.1) is 6.67 Å². The first kappa shape index (κ1) is 8.78. The van der Waals surface area contributed by atoms with Gasteiger partial charge < -0.3 is 4.90 Å². The second-order valence-electron chi connectivity index (χ2n) is 2.78. The Labute approximate surface area is 70.3 Å². The van der Waals surface area contributed by atoms with E-state index in [0.717, 1.165) is 6.42 Å². The molecule has 64 valence electrons. The molecule has 1 rings (SSSR count). The highest BCUT2D eigenvalue weighted by Crippen LogP contribution is 2.16. The molecule has 0 aromatic carbocycles. The van der Waals surface area contributed by atoms with Crippen LogP contribution in [0.5, 0.6) is 0 Å². The third-order valence-corrected chi connectivity index (χ3v) is 2.20. The largest absolute Gasteiger partial charge is 0.341 e. The Bertz CT molecular complexity index is 153. The molecule has 0 aromatic rings. The van der Waals surface area contributed by atoms with E-state index in [1.807, 2.05) is 0 Å². The topological polar surface area (TPSA) is 20.3 Å². The molecular formula is C7H11ClFNO. The van der Waals surface area contributed by atoms with Crippen molar-refractivity contribution < 1.29 is 9.18 Å². The molecule has 0 saturated carbocycles. The number of rotatable bonds is 2. The van der Waals surface area contributed by atoms with Crippen LogP contribution in [-0.2, 0) is 4.79 Å². The minimum atomic E-state index is -0.327. The number of likely N-dealkylation sites (tertiary alicyclic amines) is 1. The summed E-state index contributed by atoms with van der Waals surface area (Å²) < 4.78 is 12.1. The Morgan fingerprint density at radius 1 is 1.73 bits per heavy atom. The zero-order valence-corrected chi connectivity index (χ0v) is 6.98. The van der Waals surface area contributed by atoms with Gasteiger partial charge in [0, 0.05) is 19.0 Å². The second-order valence-corrected chi connectivity index (χ2v) is 3.05. The zero-order valence-electron chi connectivity index (χ0n) is 6.22. The van der Waals surface area contributed by atoms with Gasteiger partial charge in [-0.05, 0) is 6.42 Å². The summed E-state index contributed by atoms with van der Waals surface area (Å²) in [5.74, 6) is -0.0243. The molecule has 1 atom stereocenters. The summed E-state index contributed by atoms with van der Waals surface area (Å²) in [5, 5.41) is 0. The maximum absolute atomic E-state index is 12.1. The van der Waals surface area contributed by atoms with Crippen molar-refractivity contribution in [3.63, 3.8) is 0 Å². The number of amides is 1. The second kappa shape index (κ2) is 3.90. The van der Waals surface area contributed by atoms with Crippen LogP contribution in [0.2, 0.25) is 0 Å². The lowest BCUT2D eigenvalue weighted by atomic mass is 10.1. The van der Waals surface area contributed by atoms with Crippen molar-refractivity contribution >= 4 is 17.5 Å². The molecule has 0 unspecified atom stereocenters. The van der Waals surface area contributed by atoms with E-state index in [-0.39, 0.29) is 24.4 Å². The van der Waals surface area contributed by atoms with Gasteiger partial charge in [-0.3, -0.25) is 9.18 Å². The van der Waals surface area contributed by atoms with Gasteiger partial charge in [-0.2, -0.15) is 0 Å². The van der Waals surface area contributed by atoms with E-state index in [1.54, 1.807) is 4.90 Å². The fourth-order valence-electron chi connectivity index (χ4n) is 1.27. The molecule has 0 aromatic heterocycles. The third-order valence-electron chi connectivity index (χ3n) is 1.97. The number of carbonyl (C=O) groups excluding carboxylic acids is 1. The first-order valence-corrected chi connectivity index (χ1v) is 4.21. The lowest BCUT2D eigenvalue weighted by molar-refractivity contribution is -0.127. The molecule has 0 spiro atoms. The number of carbonyl (C=O) groups is 1. The van der Waals surface area contributed by atoms with Crippen LogP contribution < -0.4 is 0 Å². The smallest absolute Gasteiger partial charge is 0.237 e. The van der Waals surface area contributed by atoms with Crippen LogP contribution in [-0.4, -0.2) is 36.5 Å². The summed E-state index contributed by atoms with van der Waals surface area (Å²) in [6.45, 7) is 0.883. The Hall–Kier alpha value is -0.310. The quantitative estimate of drug-likeness (QED) is 0.581. The minimum absolute atomic E-state index is 0.0129. The van der Waals surface area contributed by atoms with E-state index in [2.05, 4.69) is 0 Å². The van der Waals surface area contributed by atoms with Crippen LogP contribution in [0.1, 0.15) is 6.42 Å². The Morgan fingerprint density at radius 3 is 2.91 bits per heavy atom. The van der Waals surface area contributed by atoms with Crippen LogP contribution in [0.3, 0.4) is 0 Å². The Morgan fingerprint density at radius 2 is 2.45 bits per heavy atom. The number of alkyl halides is 2. The predicted molar refractivity (Wildman–Crippen MR) is 41.4 cm³/mol. The molecule has 1 amide bonds. The summed E-state index contributed by atoms with van der Waals surface area (Å²) in [7, 11) is 0. The van der Waals surface area contributed by atoms with Crippen molar-refractivity contribution in [2.24, 2.45) is 5.92 Å². The van der Waals surface area contributed by atoms with E-state index < -0.39 is 0 Å². The Kier molecular flexibility index (Phi) is 3.12. The first-order valence-electron chi connectivity index (χ1n) is 3.67. The molecule has 1 aliphatic rings. The fourth-order valence-corrected chi connectivity index (χ4v) is 1.44. The maximum atomic E-state index is 12.1. The normalized spacial score (nSPS) is 24.2. The van der Waals surface area contributed by atoms with E-state index in [1.165, 1.54) is 0 Å². The number of hydrogen-bond donors (Lipinski definition) is 0. The Balaban J connectivity index is 2.35. The fraction of sp³-hybridized carbons (Fsp3) is 0.857. The first-order chi connectivity index (χ1) is 5.27. The monoisotopic (exact) mass is 179 g/mol. The lowest BCUT2D eigenvalue weighted by Crippen LogP contribution is -2.29. The number of halogens is 2. The van der Waals surface area contributed by atoms with Gasteiger partial charge in [0.25, 0.3) is 0 Å². The molecule has 1 saturated heterocycles. The van der Waals surface area contributed by atoms with Crippen molar-refractivity contribution in [3.05, 3.63) is 0 Å². The van der Waals surface area contributed by atoms with E-state index in [9.17, 15) is 9.18 Å². The molecule has 11 heavy (non-hydrogen) atoms. The van der Waals surface area contributed by atoms with Crippen molar-refractivity contribution in [2.45, 2.75) is 6.42 Å². The zero-order chi connectivity index (χ0) is 8.27. The van der Waals surface area contributed by atoms with Crippen molar-refractivity contribution in [1.82, 2.24) is 4.90 Å². The average molecular weight is 180 g/mol. The molecule has 1 aliphatic heterocycles. The number of hydrogen-bond acceptors (Lipinski definition) is 1. The van der Waals surface area contributed by atoms with Crippen LogP contribution >= 0.6 is 11.6 Å². The highest BCUT2D eigenvalue weighted by molar-refractivity contribution is 6.27. The van der Waals surface area contributed by atoms with Crippen molar-refractivity contribution in [1.29, 1.82) is 0 Å². The molecule has 1 fully saturated rings. The van der Waals surface area contributed by atoms with Crippen LogP contribution in [0.25, 0.3) is 0 Å². The van der Waals surface area contributed by atoms with Gasteiger partial charge in [0.2, 0.25) is 5.91 Å². The summed E-state index contributed by atoms with van der Waals surface area (Å²) in [4.78, 5) is 12.6. The average Bonchev–Trinajstić information content (AvgIpc) is 2.50. The maximum Gasteiger partial charge on any atom is 0.237 e. The highest BCUT2D eigenvalue weighted by Gasteiger charge is 2.24. The highest BCUT2D eigenvalue weighted by atomic mass is 35.5. The summed E-state index contributed by atoms with van der Waals surface area (Å²) in [6.07, 6.45) is 0.777. The van der Waals surface area contributed by atoms with Gasteiger partial charge >= 0.3 is 0 Å². The van der Waals surface area contributed by atoms with Gasteiger partial charge in [-0.15, -0.1) is 11.6 Å². The van der Waals surface area contributed by atoms with Crippen LogP contribution in [0.15, 0.2) is 0 Å². The SMILES string of the molecule is O=C(CCl)N1CC[C@@H](CF)C1. The van der Waals surface area contributed by atoms with Gasteiger partial charge in [0.15, 0.2) is 0 Å². The van der Waals surface area contributed by atoms with Gasteiger partial charge in [-0.1, -0.05) is 0 Å². The molecular weight excluding hydrogens is 169 g/mol. The summed E-state index contributed by atoms with van der Waals surface area (Å²) in [5.41, 5.74) is 0. The molecule has 0 N–H and O–H groups in total. The van der Waals surface area contributed by atoms with Crippen molar-refractivity contribution in [3.8, 4) is 0 Å². The third kappa shape index (κ3) is 2.06. The van der Waals surface area contributed by atoms with E-state index in [4.69, 9.17) is 11.6 Å². The minimum Gasteiger partial charge on any atom is -0.341 e. The molecule has 4 heteroatoms. The van der Waals surface area contributed by atoms with E-state index in [0.29, 0.717) is 13.1 Å². The molecule has 0 radical (unpaired) electrons. The molecule has 1 heterocycles. The van der Waals surface area contributed by atoms with Gasteiger partial charge in [-0.25, -0.2) is 0 Å². The standard InChI is InChI=1S/C7H11ClFNO/c8-3-7(11)10-2-1-6(4-9)5-10/h6H,1-5H2/t6-/m0/s1. The lowest BCUT2D eigenvalue weighted by Gasteiger charge is -2.13. The molecule has 0 bridgehead atoms. The predicted octanol–water partition coefficient (Wildman–Crippen LogP) is 1.04. The van der Waals surface area contributed by atoms with Crippen LogP contribution in [0, 0.1) is 5.92 Å². The van der Waals surface area contributed by atoms with E-state index >= 15 is 0 Å². The summed E-state index contributed by atoms with van der Waals surface area (Å²) in [6, 6.07) is 0. The molecule has 0 aliphatic carbocycles. The molecule has 2 nitrogen and oxygen atoms in total. The summed E-state index contributed by atoms with van der Waals surface area (Å²) >= 11 is 5.34. The van der Waals surface area contributed by atoms with Crippen molar-refractivity contribution in [2.75, 3.05) is 25.6 Å². The van der Waals surface area contributed by atoms with Crippen LogP contribution in [0.4, 0.5) is 4.39 Å². The number of nitrogens with zero attached hydrogens (tertiary/aromatic N) is 1.